The molecule has 100 valence electrons. The molecule has 1 aromatic heterocycles. The van der Waals surface area contributed by atoms with Crippen LogP contribution in [0.3, 0.4) is 0 Å². The molecule has 0 saturated carbocycles. The number of thiophene rings is 1. The Hall–Kier alpha value is -1.16. The van der Waals surface area contributed by atoms with Gasteiger partial charge in [0.2, 0.25) is 0 Å². The first kappa shape index (κ1) is 12.9. The van der Waals surface area contributed by atoms with Crippen molar-refractivity contribution in [2.75, 3.05) is 13.2 Å². The SMILES string of the molecule is Cc1ccccc1C(CO)N1CCc2sccc2C1. The average molecular weight is 273 g/mol. The van der Waals surface area contributed by atoms with E-state index >= 15 is 0 Å². The Labute approximate surface area is 118 Å². The van der Waals surface area contributed by atoms with Crippen molar-refractivity contribution in [1.29, 1.82) is 0 Å². The third-order valence-corrected chi connectivity index (χ3v) is 5.02. The van der Waals surface area contributed by atoms with E-state index in [0.717, 1.165) is 19.5 Å². The Kier molecular flexibility index (Phi) is 3.69. The van der Waals surface area contributed by atoms with Gasteiger partial charge in [0.15, 0.2) is 0 Å². The maximum atomic E-state index is 9.82. The van der Waals surface area contributed by atoms with Crippen LogP contribution >= 0.6 is 11.3 Å². The van der Waals surface area contributed by atoms with Crippen molar-refractivity contribution < 1.29 is 5.11 Å². The summed E-state index contributed by atoms with van der Waals surface area (Å²) in [6.07, 6.45) is 1.11. The molecule has 1 aliphatic rings. The summed E-state index contributed by atoms with van der Waals surface area (Å²) in [5.41, 5.74) is 3.95. The molecule has 3 rings (SSSR count). The average Bonchev–Trinajstić information content (AvgIpc) is 2.89. The monoisotopic (exact) mass is 273 g/mol. The van der Waals surface area contributed by atoms with Crippen molar-refractivity contribution >= 4 is 11.3 Å². The number of hydrogen-bond acceptors (Lipinski definition) is 3. The highest BCUT2D eigenvalue weighted by molar-refractivity contribution is 7.10. The van der Waals surface area contributed by atoms with Gasteiger partial charge >= 0.3 is 0 Å². The van der Waals surface area contributed by atoms with E-state index in [1.807, 2.05) is 11.3 Å². The second kappa shape index (κ2) is 5.45. The van der Waals surface area contributed by atoms with Crippen molar-refractivity contribution in [3.63, 3.8) is 0 Å². The van der Waals surface area contributed by atoms with Gasteiger partial charge in [0.05, 0.1) is 12.6 Å². The maximum absolute atomic E-state index is 9.82. The van der Waals surface area contributed by atoms with Gasteiger partial charge in [-0.2, -0.15) is 0 Å². The summed E-state index contributed by atoms with van der Waals surface area (Å²) < 4.78 is 0. The van der Waals surface area contributed by atoms with E-state index in [-0.39, 0.29) is 12.6 Å². The van der Waals surface area contributed by atoms with Gasteiger partial charge in [-0.1, -0.05) is 24.3 Å². The Morgan fingerprint density at radius 3 is 2.95 bits per heavy atom. The largest absolute Gasteiger partial charge is 0.394 e. The molecule has 1 aliphatic heterocycles. The summed E-state index contributed by atoms with van der Waals surface area (Å²) in [6, 6.07) is 10.7. The first-order chi connectivity index (χ1) is 9.29. The number of aliphatic hydroxyl groups is 1. The molecule has 0 aliphatic carbocycles. The van der Waals surface area contributed by atoms with Crippen LogP contribution in [0.15, 0.2) is 35.7 Å². The molecule has 0 saturated heterocycles. The van der Waals surface area contributed by atoms with E-state index in [9.17, 15) is 5.11 Å². The van der Waals surface area contributed by atoms with E-state index in [1.54, 1.807) is 0 Å². The summed E-state index contributed by atoms with van der Waals surface area (Å²) in [7, 11) is 0. The van der Waals surface area contributed by atoms with Gasteiger partial charge in [-0.3, -0.25) is 4.90 Å². The number of aliphatic hydroxyl groups excluding tert-OH is 1. The molecule has 1 aromatic carbocycles. The summed E-state index contributed by atoms with van der Waals surface area (Å²) >= 11 is 1.86. The summed E-state index contributed by atoms with van der Waals surface area (Å²) in [5, 5.41) is 12.0. The van der Waals surface area contributed by atoms with Crippen molar-refractivity contribution in [1.82, 2.24) is 4.90 Å². The molecule has 1 atom stereocenters. The number of hydrogen-bond donors (Lipinski definition) is 1. The van der Waals surface area contributed by atoms with Crippen LogP contribution in [-0.4, -0.2) is 23.2 Å². The zero-order chi connectivity index (χ0) is 13.2. The molecule has 0 bridgehead atoms. The first-order valence-electron chi connectivity index (χ1n) is 6.75. The van der Waals surface area contributed by atoms with Gasteiger partial charge in [-0.05, 0) is 41.5 Å². The number of aryl methyl sites for hydroxylation is 1. The first-order valence-corrected chi connectivity index (χ1v) is 7.63. The molecule has 3 heteroatoms. The molecule has 2 heterocycles. The molecule has 0 spiro atoms. The topological polar surface area (TPSA) is 23.5 Å². The van der Waals surface area contributed by atoms with Crippen molar-refractivity contribution in [2.45, 2.75) is 25.9 Å². The van der Waals surface area contributed by atoms with Gasteiger partial charge in [0, 0.05) is 18.0 Å². The lowest BCUT2D eigenvalue weighted by molar-refractivity contribution is 0.112. The number of nitrogens with zero attached hydrogens (tertiary/aromatic N) is 1. The lowest BCUT2D eigenvalue weighted by Gasteiger charge is -2.34. The zero-order valence-corrected chi connectivity index (χ0v) is 12.0. The normalized spacial score (nSPS) is 17.2. The fraction of sp³-hybridized carbons (Fsp3) is 0.375. The highest BCUT2D eigenvalue weighted by Gasteiger charge is 2.25. The summed E-state index contributed by atoms with van der Waals surface area (Å²) in [4.78, 5) is 3.91. The van der Waals surface area contributed by atoms with E-state index in [2.05, 4.69) is 47.5 Å². The lowest BCUT2D eigenvalue weighted by atomic mass is 9.98. The molecule has 0 radical (unpaired) electrons. The summed E-state index contributed by atoms with van der Waals surface area (Å²) in [6.45, 7) is 4.30. The highest BCUT2D eigenvalue weighted by atomic mass is 32.1. The van der Waals surface area contributed by atoms with Crippen molar-refractivity contribution in [3.8, 4) is 0 Å². The van der Waals surface area contributed by atoms with E-state index < -0.39 is 0 Å². The predicted octanol–water partition coefficient (Wildman–Crippen LogP) is 3.15. The third kappa shape index (κ3) is 2.46. The Morgan fingerprint density at radius 1 is 1.32 bits per heavy atom. The van der Waals surface area contributed by atoms with E-state index in [4.69, 9.17) is 0 Å². The molecule has 0 amide bonds. The second-order valence-corrected chi connectivity index (χ2v) is 6.15. The molecule has 1 unspecified atom stereocenters. The predicted molar refractivity (Wildman–Crippen MR) is 79.4 cm³/mol. The van der Waals surface area contributed by atoms with Crippen LogP contribution in [0.2, 0.25) is 0 Å². The van der Waals surface area contributed by atoms with E-state index in [0.29, 0.717) is 0 Å². The zero-order valence-electron chi connectivity index (χ0n) is 11.2. The number of rotatable bonds is 3. The minimum absolute atomic E-state index is 0.120. The van der Waals surface area contributed by atoms with Gasteiger partial charge < -0.3 is 5.11 Å². The quantitative estimate of drug-likeness (QED) is 0.928. The molecule has 2 aromatic rings. The third-order valence-electron chi connectivity index (χ3n) is 4.00. The van der Waals surface area contributed by atoms with Crippen molar-refractivity contribution in [2.24, 2.45) is 0 Å². The maximum Gasteiger partial charge on any atom is 0.0628 e. The van der Waals surface area contributed by atoms with Crippen LogP contribution in [0.4, 0.5) is 0 Å². The minimum atomic E-state index is 0.120. The van der Waals surface area contributed by atoms with Gasteiger partial charge in [0.25, 0.3) is 0 Å². The van der Waals surface area contributed by atoms with Crippen LogP contribution in [0.5, 0.6) is 0 Å². The van der Waals surface area contributed by atoms with Gasteiger partial charge in [-0.15, -0.1) is 11.3 Å². The second-order valence-electron chi connectivity index (χ2n) is 5.14. The molecule has 19 heavy (non-hydrogen) atoms. The summed E-state index contributed by atoms with van der Waals surface area (Å²) in [5.74, 6) is 0. The standard InChI is InChI=1S/C16H19NOS/c1-12-4-2-3-5-14(12)15(11-18)17-8-6-16-13(10-17)7-9-19-16/h2-5,7,9,15,18H,6,8,10-11H2,1H3. The molecular weight excluding hydrogens is 254 g/mol. The van der Waals surface area contributed by atoms with Crippen LogP contribution < -0.4 is 0 Å². The Morgan fingerprint density at radius 2 is 2.16 bits per heavy atom. The van der Waals surface area contributed by atoms with Crippen LogP contribution in [0, 0.1) is 6.92 Å². The Balaban J connectivity index is 1.86. The fourth-order valence-electron chi connectivity index (χ4n) is 2.91. The van der Waals surface area contributed by atoms with Crippen LogP contribution in [-0.2, 0) is 13.0 Å². The van der Waals surface area contributed by atoms with Gasteiger partial charge in [0.1, 0.15) is 0 Å². The number of fused-ring (bicyclic) bond motifs is 1. The molecule has 1 N–H and O–H groups in total. The molecule has 0 fully saturated rings. The number of benzene rings is 1. The lowest BCUT2D eigenvalue weighted by Crippen LogP contribution is -2.35. The fourth-order valence-corrected chi connectivity index (χ4v) is 3.80. The molecular formula is C16H19NOS. The Bertz CT molecular complexity index is 563. The molecule has 2 nitrogen and oxygen atoms in total. The minimum Gasteiger partial charge on any atom is -0.394 e. The van der Waals surface area contributed by atoms with Crippen LogP contribution in [0.25, 0.3) is 0 Å². The van der Waals surface area contributed by atoms with E-state index in [1.165, 1.54) is 21.6 Å². The van der Waals surface area contributed by atoms with Gasteiger partial charge in [-0.25, -0.2) is 0 Å². The highest BCUT2D eigenvalue weighted by Crippen LogP contribution is 2.31. The van der Waals surface area contributed by atoms with Crippen LogP contribution in [0.1, 0.15) is 27.6 Å². The smallest absolute Gasteiger partial charge is 0.0628 e. The van der Waals surface area contributed by atoms with Crippen molar-refractivity contribution in [3.05, 3.63) is 57.3 Å².